The molecule has 1 aromatic carbocycles. The van der Waals surface area contributed by atoms with E-state index in [0.717, 1.165) is 6.07 Å². The maximum Gasteiger partial charge on any atom is 0.327 e. The van der Waals surface area contributed by atoms with Gasteiger partial charge in [-0.25, -0.2) is 4.39 Å². The Morgan fingerprint density at radius 1 is 1.44 bits per heavy atom. The number of hydrogen-bond donors (Lipinski definition) is 1. The molecule has 0 heterocycles. The van der Waals surface area contributed by atoms with Gasteiger partial charge in [0, 0.05) is 5.56 Å². The third-order valence-corrected chi connectivity index (χ3v) is 1.98. The number of nitrogens with two attached hydrogens (primary N) is 1. The Morgan fingerprint density at radius 3 is 2.56 bits per heavy atom. The fourth-order valence-electron chi connectivity index (χ4n) is 1.20. The highest BCUT2D eigenvalue weighted by atomic mass is 35.5. The molecule has 0 amide bonds. The van der Waals surface area contributed by atoms with Gasteiger partial charge in [-0.3, -0.25) is 4.79 Å². The number of carbonyl (C=O) groups is 1. The zero-order chi connectivity index (χ0) is 11.4. The first-order valence-corrected chi connectivity index (χ1v) is 4.27. The van der Waals surface area contributed by atoms with Crippen LogP contribution in [-0.4, -0.2) is 20.2 Å². The van der Waals surface area contributed by atoms with Crippen molar-refractivity contribution >= 4 is 18.4 Å². The summed E-state index contributed by atoms with van der Waals surface area (Å²) < 4.78 is 22.4. The summed E-state index contributed by atoms with van der Waals surface area (Å²) in [5.41, 5.74) is 5.84. The molecule has 0 fully saturated rings. The molecule has 0 bridgehead atoms. The van der Waals surface area contributed by atoms with Crippen LogP contribution >= 0.6 is 12.4 Å². The molecule has 0 saturated heterocycles. The normalized spacial score (nSPS) is 11.2. The van der Waals surface area contributed by atoms with Crippen LogP contribution < -0.4 is 10.5 Å². The summed E-state index contributed by atoms with van der Waals surface area (Å²) in [4.78, 5) is 11.2. The van der Waals surface area contributed by atoms with E-state index in [1.54, 1.807) is 0 Å². The molecule has 1 rings (SSSR count). The summed E-state index contributed by atoms with van der Waals surface area (Å²) in [5.74, 6) is -0.765. The van der Waals surface area contributed by atoms with E-state index in [0.29, 0.717) is 5.75 Å². The Kier molecular flexibility index (Phi) is 5.77. The van der Waals surface area contributed by atoms with E-state index >= 15 is 0 Å². The molecule has 1 aromatic rings. The lowest BCUT2D eigenvalue weighted by Crippen LogP contribution is -2.23. The van der Waals surface area contributed by atoms with Crippen molar-refractivity contribution in [3.8, 4) is 5.75 Å². The van der Waals surface area contributed by atoms with Gasteiger partial charge >= 0.3 is 5.97 Å². The maximum absolute atomic E-state index is 12.9. The molecule has 16 heavy (non-hydrogen) atoms. The van der Waals surface area contributed by atoms with Gasteiger partial charge in [0.05, 0.1) is 14.2 Å². The predicted molar refractivity (Wildman–Crippen MR) is 59.1 cm³/mol. The maximum atomic E-state index is 12.9. The third kappa shape index (κ3) is 3.08. The highest BCUT2D eigenvalue weighted by Crippen LogP contribution is 2.25. The first kappa shape index (κ1) is 14.7. The van der Waals surface area contributed by atoms with Crippen molar-refractivity contribution in [2.75, 3.05) is 14.2 Å². The molecule has 1 atom stereocenters. The Bertz CT molecular complexity index is 373. The smallest absolute Gasteiger partial charge is 0.327 e. The summed E-state index contributed by atoms with van der Waals surface area (Å²) in [6, 6.07) is 2.75. The number of hydrogen-bond acceptors (Lipinski definition) is 4. The second-order valence-electron chi connectivity index (χ2n) is 2.89. The molecule has 0 aliphatic heterocycles. The second kappa shape index (κ2) is 6.30. The predicted octanol–water partition coefficient (Wildman–Crippen LogP) is 1.43. The standard InChI is InChI=1S/C10H12FNO3.ClH/c1-14-8-4-3-6(11)5-7(8)9(12)10(13)15-2;/h3-5,9H,12H2,1-2H3;1H. The monoisotopic (exact) mass is 249 g/mol. The lowest BCUT2D eigenvalue weighted by Gasteiger charge is -2.13. The Labute approximate surface area is 98.9 Å². The zero-order valence-electron chi connectivity index (χ0n) is 8.90. The van der Waals surface area contributed by atoms with Crippen LogP contribution in [0.5, 0.6) is 5.75 Å². The van der Waals surface area contributed by atoms with Gasteiger partial charge in [-0.1, -0.05) is 0 Å². The van der Waals surface area contributed by atoms with Crippen molar-refractivity contribution in [1.29, 1.82) is 0 Å². The number of halogens is 2. The van der Waals surface area contributed by atoms with Gasteiger partial charge in [-0.05, 0) is 18.2 Å². The Morgan fingerprint density at radius 2 is 2.06 bits per heavy atom. The van der Waals surface area contributed by atoms with E-state index in [2.05, 4.69) is 4.74 Å². The number of methoxy groups -OCH3 is 2. The molecule has 0 radical (unpaired) electrons. The van der Waals surface area contributed by atoms with Crippen LogP contribution in [0, 0.1) is 5.82 Å². The fourth-order valence-corrected chi connectivity index (χ4v) is 1.20. The summed E-state index contributed by atoms with van der Waals surface area (Å²) >= 11 is 0. The molecular formula is C10H13ClFNO3. The number of esters is 1. The van der Waals surface area contributed by atoms with E-state index in [1.807, 2.05) is 0 Å². The zero-order valence-corrected chi connectivity index (χ0v) is 9.71. The lowest BCUT2D eigenvalue weighted by molar-refractivity contribution is -0.142. The van der Waals surface area contributed by atoms with E-state index in [1.165, 1.54) is 26.4 Å². The minimum Gasteiger partial charge on any atom is -0.496 e. The minimum absolute atomic E-state index is 0. The second-order valence-corrected chi connectivity index (χ2v) is 2.89. The molecule has 90 valence electrons. The van der Waals surface area contributed by atoms with Gasteiger partial charge in [-0.2, -0.15) is 0 Å². The van der Waals surface area contributed by atoms with Crippen molar-refractivity contribution in [3.63, 3.8) is 0 Å². The largest absolute Gasteiger partial charge is 0.496 e. The van der Waals surface area contributed by atoms with Crippen molar-refractivity contribution in [3.05, 3.63) is 29.6 Å². The average Bonchev–Trinajstić information content (AvgIpc) is 2.27. The van der Waals surface area contributed by atoms with E-state index in [4.69, 9.17) is 10.5 Å². The number of benzene rings is 1. The molecule has 0 aliphatic rings. The Hall–Kier alpha value is -1.33. The van der Waals surface area contributed by atoms with E-state index < -0.39 is 17.8 Å². The topological polar surface area (TPSA) is 61.5 Å². The molecular weight excluding hydrogens is 237 g/mol. The molecule has 6 heteroatoms. The van der Waals surface area contributed by atoms with Crippen molar-refractivity contribution in [1.82, 2.24) is 0 Å². The van der Waals surface area contributed by atoms with Gasteiger partial charge in [0.2, 0.25) is 0 Å². The van der Waals surface area contributed by atoms with Crippen molar-refractivity contribution in [2.45, 2.75) is 6.04 Å². The van der Waals surface area contributed by atoms with E-state index in [9.17, 15) is 9.18 Å². The molecule has 1 unspecified atom stereocenters. The highest BCUT2D eigenvalue weighted by Gasteiger charge is 2.20. The summed E-state index contributed by atoms with van der Waals surface area (Å²) in [6.07, 6.45) is 0. The quantitative estimate of drug-likeness (QED) is 0.824. The number of carbonyl (C=O) groups excluding carboxylic acids is 1. The Balaban J connectivity index is 0.00000225. The van der Waals surface area contributed by atoms with Gasteiger partial charge in [0.15, 0.2) is 0 Å². The van der Waals surface area contributed by atoms with Gasteiger partial charge in [0.1, 0.15) is 17.6 Å². The first-order chi connectivity index (χ1) is 7.10. The van der Waals surface area contributed by atoms with Crippen LogP contribution in [0.4, 0.5) is 4.39 Å². The minimum atomic E-state index is -1.04. The van der Waals surface area contributed by atoms with Crippen LogP contribution in [0.1, 0.15) is 11.6 Å². The summed E-state index contributed by atoms with van der Waals surface area (Å²) in [6.45, 7) is 0. The van der Waals surface area contributed by atoms with Crippen LogP contribution in [0.2, 0.25) is 0 Å². The van der Waals surface area contributed by atoms with Crippen LogP contribution in [0.3, 0.4) is 0 Å². The van der Waals surface area contributed by atoms with Crippen LogP contribution in [0.25, 0.3) is 0 Å². The van der Waals surface area contributed by atoms with E-state index in [-0.39, 0.29) is 18.0 Å². The molecule has 0 aromatic heterocycles. The van der Waals surface area contributed by atoms with Gasteiger partial charge in [0.25, 0.3) is 0 Å². The molecule has 0 spiro atoms. The van der Waals surface area contributed by atoms with Crippen LogP contribution in [-0.2, 0) is 9.53 Å². The van der Waals surface area contributed by atoms with Crippen LogP contribution in [0.15, 0.2) is 18.2 Å². The van der Waals surface area contributed by atoms with Crippen molar-refractivity contribution < 1.29 is 18.7 Å². The average molecular weight is 250 g/mol. The van der Waals surface area contributed by atoms with Crippen molar-refractivity contribution in [2.24, 2.45) is 5.73 Å². The lowest BCUT2D eigenvalue weighted by atomic mass is 10.1. The summed E-state index contributed by atoms with van der Waals surface area (Å²) in [5, 5.41) is 0. The molecule has 2 N–H and O–H groups in total. The fraction of sp³-hybridized carbons (Fsp3) is 0.300. The highest BCUT2D eigenvalue weighted by molar-refractivity contribution is 5.85. The number of ether oxygens (including phenoxy) is 2. The molecule has 4 nitrogen and oxygen atoms in total. The first-order valence-electron chi connectivity index (χ1n) is 4.27. The number of rotatable bonds is 3. The van der Waals surface area contributed by atoms with Gasteiger partial charge in [-0.15, -0.1) is 12.4 Å². The molecule has 0 saturated carbocycles. The molecule has 0 aliphatic carbocycles. The van der Waals surface area contributed by atoms with Gasteiger partial charge < -0.3 is 15.2 Å². The third-order valence-electron chi connectivity index (χ3n) is 1.98. The summed E-state index contributed by atoms with van der Waals surface area (Å²) in [7, 11) is 2.63. The SMILES string of the molecule is COC(=O)C(N)c1cc(F)ccc1OC.Cl.